The first-order valence-electron chi connectivity index (χ1n) is 9.94. The lowest BCUT2D eigenvalue weighted by atomic mass is 10.0. The van der Waals surface area contributed by atoms with Crippen molar-refractivity contribution in [1.29, 1.82) is 0 Å². The van der Waals surface area contributed by atoms with Gasteiger partial charge in [0.2, 0.25) is 10.0 Å². The van der Waals surface area contributed by atoms with Gasteiger partial charge in [-0.3, -0.25) is 4.98 Å². The van der Waals surface area contributed by atoms with Gasteiger partial charge in [0.1, 0.15) is 5.82 Å². The number of rotatable bonds is 8. The Hall–Kier alpha value is -1.54. The number of benzene rings is 1. The molecule has 1 fully saturated rings. The van der Waals surface area contributed by atoms with Crippen molar-refractivity contribution < 1.29 is 12.8 Å². The summed E-state index contributed by atoms with van der Waals surface area (Å²) < 4.78 is 42.4. The smallest absolute Gasteiger partial charge is 0.218 e. The van der Waals surface area contributed by atoms with E-state index in [1.54, 1.807) is 10.5 Å². The summed E-state index contributed by atoms with van der Waals surface area (Å²) in [5.74, 6) is -0.960. The van der Waals surface area contributed by atoms with Crippen LogP contribution in [0.5, 0.6) is 0 Å². The fourth-order valence-corrected chi connectivity index (χ4v) is 5.75. The summed E-state index contributed by atoms with van der Waals surface area (Å²) in [6, 6.07) is 9.67. The van der Waals surface area contributed by atoms with Crippen molar-refractivity contribution >= 4 is 21.6 Å². The Morgan fingerprint density at radius 3 is 2.62 bits per heavy atom. The molecule has 1 aliphatic rings. The van der Waals surface area contributed by atoms with Crippen LogP contribution in [0.25, 0.3) is 0 Å². The third-order valence-corrected chi connectivity index (χ3v) is 7.54. The monoisotopic (exact) mass is 439 g/mol. The van der Waals surface area contributed by atoms with Gasteiger partial charge in [-0.1, -0.05) is 30.7 Å². The van der Waals surface area contributed by atoms with Crippen LogP contribution in [0.3, 0.4) is 0 Å². The molecule has 0 bridgehead atoms. The minimum atomic E-state index is -3.70. The van der Waals surface area contributed by atoms with Gasteiger partial charge in [-0.25, -0.2) is 12.8 Å². The van der Waals surface area contributed by atoms with Crippen LogP contribution in [-0.4, -0.2) is 54.8 Å². The largest absolute Gasteiger partial charge is 0.303 e. The number of hydrogen-bond donors (Lipinski definition) is 0. The van der Waals surface area contributed by atoms with E-state index in [2.05, 4.69) is 16.8 Å². The number of sulfonamides is 1. The van der Waals surface area contributed by atoms with Crippen LogP contribution in [0.4, 0.5) is 4.39 Å². The van der Waals surface area contributed by atoms with Crippen molar-refractivity contribution in [2.75, 3.05) is 26.2 Å². The van der Waals surface area contributed by atoms with Crippen LogP contribution in [0.2, 0.25) is 5.02 Å². The van der Waals surface area contributed by atoms with Gasteiger partial charge >= 0.3 is 0 Å². The average molecular weight is 440 g/mol. The third kappa shape index (κ3) is 5.98. The molecule has 158 valence electrons. The van der Waals surface area contributed by atoms with Gasteiger partial charge in [-0.15, -0.1) is 0 Å². The van der Waals surface area contributed by atoms with Gasteiger partial charge in [0.05, 0.1) is 5.75 Å². The third-order valence-electron chi connectivity index (χ3n) is 5.44. The second kappa shape index (κ2) is 9.98. The molecule has 0 aliphatic carbocycles. The molecule has 0 N–H and O–H groups in total. The summed E-state index contributed by atoms with van der Waals surface area (Å²) in [5, 5.41) is 0.252. The Kier molecular flexibility index (Phi) is 7.62. The van der Waals surface area contributed by atoms with Crippen LogP contribution in [-0.2, 0) is 22.2 Å². The molecule has 1 aliphatic heterocycles. The Bertz CT molecular complexity index is 903. The SMILES string of the molecule is CCN1CCC(N(CCc2ccccn2)S(=O)(=O)Cc2ccc(Cl)cc2F)CC1. The van der Waals surface area contributed by atoms with Gasteiger partial charge in [-0.2, -0.15) is 4.31 Å². The standard InChI is InChI=1S/C21H27ClFN3O2S/c1-2-25-12-9-20(10-13-25)26(14-8-19-5-3-4-11-24-19)29(27,28)16-17-6-7-18(22)15-21(17)23/h3-7,11,15,20H,2,8-10,12-14,16H2,1H3. The lowest BCUT2D eigenvalue weighted by Crippen LogP contribution is -2.48. The molecular formula is C21H27ClFN3O2S. The van der Waals surface area contributed by atoms with Crippen molar-refractivity contribution in [3.05, 3.63) is 64.7 Å². The minimum absolute atomic E-state index is 0.0816. The highest BCUT2D eigenvalue weighted by Crippen LogP contribution is 2.24. The number of pyridine rings is 1. The molecule has 0 radical (unpaired) electrons. The van der Waals surface area contributed by atoms with E-state index in [0.717, 1.165) is 44.2 Å². The van der Waals surface area contributed by atoms with Crippen LogP contribution in [0.15, 0.2) is 42.6 Å². The van der Waals surface area contributed by atoms with Crippen molar-refractivity contribution in [2.45, 2.75) is 38.0 Å². The summed E-state index contributed by atoms with van der Waals surface area (Å²) in [6.45, 7) is 5.14. The number of halogens is 2. The van der Waals surface area contributed by atoms with Gasteiger partial charge < -0.3 is 4.90 Å². The zero-order valence-corrected chi connectivity index (χ0v) is 18.2. The Morgan fingerprint density at radius 1 is 1.24 bits per heavy atom. The topological polar surface area (TPSA) is 53.5 Å². The molecule has 3 rings (SSSR count). The zero-order valence-electron chi connectivity index (χ0n) is 16.6. The van der Waals surface area contributed by atoms with Crippen molar-refractivity contribution in [3.63, 3.8) is 0 Å². The van der Waals surface area contributed by atoms with E-state index in [1.807, 2.05) is 18.2 Å². The molecule has 0 unspecified atom stereocenters. The fraction of sp³-hybridized carbons (Fsp3) is 0.476. The normalized spacial score (nSPS) is 16.4. The number of aromatic nitrogens is 1. The quantitative estimate of drug-likeness (QED) is 0.628. The summed E-state index contributed by atoms with van der Waals surface area (Å²) in [6.07, 6.45) is 3.78. The Labute approximate surface area is 177 Å². The second-order valence-electron chi connectivity index (χ2n) is 7.34. The summed E-state index contributed by atoms with van der Waals surface area (Å²) in [7, 11) is -3.70. The van der Waals surface area contributed by atoms with E-state index in [4.69, 9.17) is 11.6 Å². The summed E-state index contributed by atoms with van der Waals surface area (Å²) in [5.41, 5.74) is 0.986. The first-order valence-corrected chi connectivity index (χ1v) is 11.9. The predicted octanol–water partition coefficient (Wildman–Crippen LogP) is 3.73. The van der Waals surface area contributed by atoms with Crippen molar-refractivity contribution in [1.82, 2.24) is 14.2 Å². The van der Waals surface area contributed by atoms with Crippen LogP contribution in [0, 0.1) is 5.82 Å². The minimum Gasteiger partial charge on any atom is -0.303 e. The molecule has 2 aromatic rings. The number of nitrogens with zero attached hydrogens (tertiary/aromatic N) is 3. The Balaban J connectivity index is 1.80. The molecule has 0 atom stereocenters. The van der Waals surface area contributed by atoms with E-state index < -0.39 is 15.8 Å². The molecule has 5 nitrogen and oxygen atoms in total. The molecule has 0 amide bonds. The average Bonchev–Trinajstić information content (AvgIpc) is 2.71. The number of piperidine rings is 1. The van der Waals surface area contributed by atoms with Gasteiger partial charge in [0.25, 0.3) is 0 Å². The summed E-state index contributed by atoms with van der Waals surface area (Å²) >= 11 is 5.81. The number of likely N-dealkylation sites (tertiary alicyclic amines) is 1. The molecule has 29 heavy (non-hydrogen) atoms. The second-order valence-corrected chi connectivity index (χ2v) is 9.70. The van der Waals surface area contributed by atoms with Gasteiger partial charge in [0.15, 0.2) is 0 Å². The zero-order chi connectivity index (χ0) is 20.9. The summed E-state index contributed by atoms with van der Waals surface area (Å²) in [4.78, 5) is 6.63. The van der Waals surface area contributed by atoms with Gasteiger partial charge in [0, 0.05) is 41.5 Å². The van der Waals surface area contributed by atoms with Crippen molar-refractivity contribution in [3.8, 4) is 0 Å². The molecule has 0 spiro atoms. The highest BCUT2D eigenvalue weighted by molar-refractivity contribution is 7.88. The first-order chi connectivity index (χ1) is 13.9. The van der Waals surface area contributed by atoms with E-state index in [1.165, 1.54) is 12.1 Å². The molecule has 0 saturated carbocycles. The molecular weight excluding hydrogens is 413 g/mol. The van der Waals surface area contributed by atoms with E-state index in [-0.39, 0.29) is 22.4 Å². The highest BCUT2D eigenvalue weighted by atomic mass is 35.5. The van der Waals surface area contributed by atoms with Crippen LogP contribution < -0.4 is 0 Å². The highest BCUT2D eigenvalue weighted by Gasteiger charge is 2.33. The molecule has 1 aromatic carbocycles. The van der Waals surface area contributed by atoms with E-state index in [0.29, 0.717) is 13.0 Å². The molecule has 1 saturated heterocycles. The van der Waals surface area contributed by atoms with Crippen LogP contribution >= 0.6 is 11.6 Å². The van der Waals surface area contributed by atoms with Gasteiger partial charge in [-0.05, 0) is 56.7 Å². The molecule has 2 heterocycles. The number of hydrogen-bond acceptors (Lipinski definition) is 4. The lowest BCUT2D eigenvalue weighted by Gasteiger charge is -2.37. The maximum absolute atomic E-state index is 14.3. The van der Waals surface area contributed by atoms with Crippen molar-refractivity contribution in [2.24, 2.45) is 0 Å². The molecule has 8 heteroatoms. The lowest BCUT2D eigenvalue weighted by molar-refractivity contribution is 0.165. The maximum atomic E-state index is 14.3. The van der Waals surface area contributed by atoms with E-state index >= 15 is 0 Å². The Morgan fingerprint density at radius 2 is 2.00 bits per heavy atom. The molecule has 1 aromatic heterocycles. The van der Waals surface area contributed by atoms with Crippen LogP contribution in [0.1, 0.15) is 31.0 Å². The van der Waals surface area contributed by atoms with E-state index in [9.17, 15) is 12.8 Å². The first kappa shape index (κ1) is 22.2. The predicted molar refractivity (Wildman–Crippen MR) is 114 cm³/mol. The fourth-order valence-electron chi connectivity index (χ4n) is 3.76. The maximum Gasteiger partial charge on any atom is 0.218 e.